The van der Waals surface area contributed by atoms with Gasteiger partial charge >= 0.3 is 5.97 Å². The third-order valence-electron chi connectivity index (χ3n) is 7.41. The number of carbonyl (C=O) groups is 1. The average molecular weight is 437 g/mol. The van der Waals surface area contributed by atoms with Crippen LogP contribution in [-0.4, -0.2) is 23.0 Å². The van der Waals surface area contributed by atoms with Crippen LogP contribution in [0.3, 0.4) is 0 Å². The summed E-state index contributed by atoms with van der Waals surface area (Å²) in [5.74, 6) is 0.819. The van der Waals surface area contributed by atoms with Crippen molar-refractivity contribution in [2.24, 2.45) is 11.8 Å². The molecule has 2 aliphatic rings. The summed E-state index contributed by atoms with van der Waals surface area (Å²) in [7, 11) is 1.85. The van der Waals surface area contributed by atoms with Crippen molar-refractivity contribution in [2.45, 2.75) is 64.8 Å². The average Bonchev–Trinajstić information content (AvgIpc) is 2.96. The second kappa shape index (κ2) is 8.32. The molecule has 0 aromatic heterocycles. The van der Waals surface area contributed by atoms with Crippen LogP contribution in [0.4, 0.5) is 5.69 Å². The summed E-state index contributed by atoms with van der Waals surface area (Å²) in [6.07, 6.45) is 4.57. The van der Waals surface area contributed by atoms with Gasteiger partial charge in [0.15, 0.2) is 0 Å². The van der Waals surface area contributed by atoms with E-state index in [0.717, 1.165) is 46.6 Å². The van der Waals surface area contributed by atoms with Crippen molar-refractivity contribution in [3.63, 3.8) is 0 Å². The van der Waals surface area contributed by atoms with Crippen molar-refractivity contribution in [1.29, 1.82) is 0 Å². The third kappa shape index (κ3) is 3.92. The zero-order chi connectivity index (χ0) is 23.2. The van der Waals surface area contributed by atoms with Crippen molar-refractivity contribution < 1.29 is 14.6 Å². The first-order chi connectivity index (χ1) is 15.1. The molecule has 0 spiro atoms. The van der Waals surface area contributed by atoms with E-state index in [1.165, 1.54) is 19.8 Å². The minimum atomic E-state index is -0.349. The van der Waals surface area contributed by atoms with E-state index in [4.69, 9.17) is 4.84 Å². The standard InChI is InChI=1S/C26H32N2O4/c1-16-6-8-18(9-7-16)25(27(5)32-17(2)29)19-10-12-21-22-13-11-20(28(30)31)15-24(22)26(3,4)23(21)14-19/h10-16,18,25H,6-9H2,1-5H3. The summed E-state index contributed by atoms with van der Waals surface area (Å²) >= 11 is 0. The second-order valence-electron chi connectivity index (χ2n) is 10.0. The molecule has 170 valence electrons. The zero-order valence-corrected chi connectivity index (χ0v) is 19.6. The highest BCUT2D eigenvalue weighted by Crippen LogP contribution is 2.51. The van der Waals surface area contributed by atoms with Gasteiger partial charge in [0.2, 0.25) is 0 Å². The Morgan fingerprint density at radius 2 is 1.69 bits per heavy atom. The van der Waals surface area contributed by atoms with Crippen LogP contribution in [0.15, 0.2) is 36.4 Å². The Bertz CT molecular complexity index is 1050. The van der Waals surface area contributed by atoms with Gasteiger partial charge in [-0.2, -0.15) is 0 Å². The van der Waals surface area contributed by atoms with Crippen LogP contribution in [0.2, 0.25) is 0 Å². The first kappa shape index (κ1) is 22.5. The first-order valence-corrected chi connectivity index (χ1v) is 11.4. The number of nitrogens with zero attached hydrogens (tertiary/aromatic N) is 2. The van der Waals surface area contributed by atoms with Crippen molar-refractivity contribution >= 4 is 11.7 Å². The molecule has 1 saturated carbocycles. The van der Waals surface area contributed by atoms with Crippen LogP contribution in [-0.2, 0) is 15.0 Å². The minimum absolute atomic E-state index is 0.0226. The minimum Gasteiger partial charge on any atom is -0.368 e. The lowest BCUT2D eigenvalue weighted by Gasteiger charge is -2.37. The Balaban J connectivity index is 1.76. The SMILES string of the molecule is CC(=O)ON(C)C(c1ccc2c(c1)C(C)(C)c1cc([N+](=O)[O-])ccc1-2)C1CCC(C)CC1. The van der Waals surface area contributed by atoms with Gasteiger partial charge in [-0.05, 0) is 58.6 Å². The number of non-ortho nitro benzene ring substituents is 1. The number of hydrogen-bond donors (Lipinski definition) is 0. The van der Waals surface area contributed by atoms with E-state index >= 15 is 0 Å². The molecule has 6 nitrogen and oxygen atoms in total. The van der Waals surface area contributed by atoms with E-state index in [-0.39, 0.29) is 28.0 Å². The van der Waals surface area contributed by atoms with Gasteiger partial charge in [0.1, 0.15) is 0 Å². The lowest BCUT2D eigenvalue weighted by Crippen LogP contribution is -2.34. The fourth-order valence-electron chi connectivity index (χ4n) is 5.68. The summed E-state index contributed by atoms with van der Waals surface area (Å²) in [6.45, 7) is 7.98. The van der Waals surface area contributed by atoms with Gasteiger partial charge in [-0.1, -0.05) is 51.8 Å². The number of hydrogen-bond acceptors (Lipinski definition) is 5. The molecule has 2 aromatic rings. The van der Waals surface area contributed by atoms with E-state index in [1.54, 1.807) is 17.2 Å². The predicted octanol–water partition coefficient (Wildman–Crippen LogP) is 6.18. The van der Waals surface area contributed by atoms with E-state index in [2.05, 4.69) is 39.0 Å². The molecule has 32 heavy (non-hydrogen) atoms. The number of nitro groups is 1. The summed E-state index contributed by atoms with van der Waals surface area (Å²) in [6, 6.07) is 11.6. The van der Waals surface area contributed by atoms with Crippen molar-refractivity contribution in [3.8, 4) is 11.1 Å². The molecule has 6 heteroatoms. The van der Waals surface area contributed by atoms with Gasteiger partial charge < -0.3 is 4.84 Å². The van der Waals surface area contributed by atoms with Crippen molar-refractivity contribution in [3.05, 3.63) is 63.2 Å². The molecule has 0 aliphatic heterocycles. The molecule has 0 heterocycles. The Morgan fingerprint density at radius 3 is 2.28 bits per heavy atom. The highest BCUT2D eigenvalue weighted by atomic mass is 16.7. The molecule has 0 radical (unpaired) electrons. The maximum Gasteiger partial charge on any atom is 0.322 e. The van der Waals surface area contributed by atoms with Gasteiger partial charge in [0.25, 0.3) is 5.69 Å². The smallest absolute Gasteiger partial charge is 0.322 e. The van der Waals surface area contributed by atoms with Gasteiger partial charge in [-0.25, -0.2) is 0 Å². The molecule has 0 bridgehead atoms. The van der Waals surface area contributed by atoms with Crippen LogP contribution < -0.4 is 0 Å². The molecular weight excluding hydrogens is 404 g/mol. The molecule has 2 aliphatic carbocycles. The van der Waals surface area contributed by atoms with E-state index in [1.807, 2.05) is 13.1 Å². The lowest BCUT2D eigenvalue weighted by atomic mass is 9.76. The summed E-state index contributed by atoms with van der Waals surface area (Å²) in [4.78, 5) is 28.3. The largest absolute Gasteiger partial charge is 0.368 e. The topological polar surface area (TPSA) is 72.7 Å². The number of benzene rings is 2. The molecule has 1 fully saturated rings. The van der Waals surface area contributed by atoms with E-state index in [0.29, 0.717) is 5.92 Å². The molecule has 1 unspecified atom stereocenters. The fourth-order valence-corrected chi connectivity index (χ4v) is 5.68. The molecule has 1 atom stereocenters. The summed E-state index contributed by atoms with van der Waals surface area (Å²) < 4.78 is 0. The zero-order valence-electron chi connectivity index (χ0n) is 19.6. The molecule has 0 saturated heterocycles. The molecular formula is C26H32N2O4. The quantitative estimate of drug-likeness (QED) is 0.413. The number of fused-ring (bicyclic) bond motifs is 3. The Morgan fingerprint density at radius 1 is 1.09 bits per heavy atom. The Hall–Kier alpha value is -2.73. The number of hydroxylamine groups is 2. The second-order valence-corrected chi connectivity index (χ2v) is 10.0. The Labute approximate surface area is 189 Å². The monoisotopic (exact) mass is 436 g/mol. The fraction of sp³-hybridized carbons (Fsp3) is 0.500. The van der Waals surface area contributed by atoms with Gasteiger partial charge in [-0.15, -0.1) is 5.06 Å². The summed E-state index contributed by atoms with van der Waals surface area (Å²) in [5.41, 5.74) is 5.22. The van der Waals surface area contributed by atoms with Gasteiger partial charge in [0, 0.05) is 31.5 Å². The first-order valence-electron chi connectivity index (χ1n) is 11.4. The summed E-state index contributed by atoms with van der Waals surface area (Å²) in [5, 5.41) is 13.1. The highest BCUT2D eigenvalue weighted by Gasteiger charge is 2.39. The van der Waals surface area contributed by atoms with E-state index in [9.17, 15) is 14.9 Å². The predicted molar refractivity (Wildman–Crippen MR) is 124 cm³/mol. The number of rotatable bonds is 5. The lowest BCUT2D eigenvalue weighted by molar-refractivity contribution is -0.384. The van der Waals surface area contributed by atoms with Crippen LogP contribution >= 0.6 is 0 Å². The van der Waals surface area contributed by atoms with Crippen LogP contribution in [0.25, 0.3) is 11.1 Å². The van der Waals surface area contributed by atoms with Gasteiger partial charge in [-0.3, -0.25) is 14.9 Å². The number of nitro benzene ring substituents is 1. The van der Waals surface area contributed by atoms with E-state index < -0.39 is 0 Å². The molecule has 0 amide bonds. The van der Waals surface area contributed by atoms with Crippen LogP contribution in [0.5, 0.6) is 0 Å². The highest BCUT2D eigenvalue weighted by molar-refractivity contribution is 5.82. The van der Waals surface area contributed by atoms with Gasteiger partial charge in [0.05, 0.1) is 11.0 Å². The third-order valence-corrected chi connectivity index (χ3v) is 7.41. The molecule has 0 N–H and O–H groups in total. The maximum absolute atomic E-state index is 11.7. The van der Waals surface area contributed by atoms with Crippen molar-refractivity contribution in [1.82, 2.24) is 5.06 Å². The van der Waals surface area contributed by atoms with Crippen molar-refractivity contribution in [2.75, 3.05) is 7.05 Å². The maximum atomic E-state index is 11.7. The molecule has 2 aromatic carbocycles. The normalized spacial score (nSPS) is 22.2. The van der Waals surface area contributed by atoms with Crippen LogP contribution in [0, 0.1) is 22.0 Å². The number of carbonyl (C=O) groups excluding carboxylic acids is 1. The van der Waals surface area contributed by atoms with Crippen LogP contribution in [0.1, 0.15) is 76.1 Å². The molecule has 4 rings (SSSR count). The Kier molecular flexibility index (Phi) is 5.84.